The van der Waals surface area contributed by atoms with Crippen molar-refractivity contribution in [3.8, 4) is 34.5 Å². The number of carbonyl (C=O) groups excluding carboxylic acids is 6. The fourth-order valence-electron chi connectivity index (χ4n) is 16.3. The Morgan fingerprint density at radius 3 is 0.701 bits per heavy atom. The Balaban J connectivity index is 0.677. The van der Waals surface area contributed by atoms with Crippen molar-refractivity contribution in [3.05, 3.63) is 69.8 Å². The van der Waals surface area contributed by atoms with E-state index < -0.39 is 278 Å². The van der Waals surface area contributed by atoms with Gasteiger partial charge in [0.25, 0.3) is 0 Å². The maximum atomic E-state index is 13.1. The van der Waals surface area contributed by atoms with E-state index in [4.69, 9.17) is 114 Å². The smallest absolute Gasteiger partial charge is 0.407 e. The molecule has 0 bridgehead atoms. The summed E-state index contributed by atoms with van der Waals surface area (Å²) in [5.41, 5.74) is 5.07. The van der Waals surface area contributed by atoms with Gasteiger partial charge in [-0.25, -0.2) is 14.4 Å². The Hall–Kier alpha value is -8.76. The first kappa shape index (κ1) is 120. The summed E-state index contributed by atoms with van der Waals surface area (Å²) >= 11 is 0. The molecular formula is C90H138N6O51. The fourth-order valence-corrected chi connectivity index (χ4v) is 16.3. The second-order valence-electron chi connectivity index (χ2n) is 34.8. The van der Waals surface area contributed by atoms with Crippen LogP contribution in [0, 0.1) is 0 Å². The number of aliphatic hydroxyl groups excluding tert-OH is 21. The van der Waals surface area contributed by atoms with Crippen LogP contribution in [0.25, 0.3) is 0 Å². The van der Waals surface area contributed by atoms with Crippen molar-refractivity contribution in [2.75, 3.05) is 180 Å². The Morgan fingerprint density at radius 2 is 0.483 bits per heavy atom. The lowest BCUT2D eigenvalue weighted by molar-refractivity contribution is -0.343. The quantitative estimate of drug-likeness (QED) is 0.0144. The first-order valence-corrected chi connectivity index (χ1v) is 47.4. The second kappa shape index (κ2) is 59.3. The van der Waals surface area contributed by atoms with Gasteiger partial charge < -0.3 is 253 Å². The number of methoxy groups -OCH3 is 3. The summed E-state index contributed by atoms with van der Waals surface area (Å²) in [5.74, 6) is -0.394. The molecule has 33 atom stereocenters. The molecule has 3 aromatic carbocycles. The maximum Gasteiger partial charge on any atom is 0.407 e. The van der Waals surface area contributed by atoms with E-state index in [2.05, 4.69) is 31.9 Å². The van der Waals surface area contributed by atoms with E-state index in [-0.39, 0.29) is 119 Å². The third-order valence-electron chi connectivity index (χ3n) is 24.6. The van der Waals surface area contributed by atoms with Gasteiger partial charge >= 0.3 is 18.3 Å². The molecule has 6 saturated heterocycles. The minimum Gasteiger partial charge on any atom is -0.493 e. The van der Waals surface area contributed by atoms with Gasteiger partial charge in [-0.2, -0.15) is 0 Å². The number of hydrogen-bond donors (Lipinski definition) is 27. The lowest BCUT2D eigenvalue weighted by Crippen LogP contribution is -2.67. The molecular weight excluding hydrogens is 1980 g/mol. The predicted molar refractivity (Wildman–Crippen MR) is 484 cm³/mol. The number of aliphatic hydroxyl groups is 21. The predicted octanol–water partition coefficient (Wildman–Crippen LogP) is -12.4. The molecule has 57 nitrogen and oxygen atoms in total. The number of rotatable bonds is 54. The molecule has 1 aliphatic carbocycles. The Bertz CT molecular complexity index is 4540. The number of carbonyl (C=O) groups is 6. The summed E-state index contributed by atoms with van der Waals surface area (Å²) in [6, 6.07) is 7.35. The average molecular weight is 2120 g/mol. The molecule has 0 saturated carbocycles. The summed E-state index contributed by atoms with van der Waals surface area (Å²) < 4.78 is 136. The van der Waals surface area contributed by atoms with Gasteiger partial charge in [0.2, 0.25) is 17.7 Å². The molecule has 10 rings (SSSR count). The minimum atomic E-state index is -1.92. The van der Waals surface area contributed by atoms with E-state index in [0.29, 0.717) is 53.8 Å². The van der Waals surface area contributed by atoms with Gasteiger partial charge in [-0.15, -0.1) is 0 Å². The zero-order valence-electron chi connectivity index (χ0n) is 81.2. The van der Waals surface area contributed by atoms with Crippen molar-refractivity contribution in [1.29, 1.82) is 0 Å². The molecule has 6 heterocycles. The summed E-state index contributed by atoms with van der Waals surface area (Å²) in [6.45, 7) is -1.33. The highest BCUT2D eigenvalue weighted by molar-refractivity contribution is 5.86. The number of hydrogen-bond acceptors (Lipinski definition) is 51. The van der Waals surface area contributed by atoms with Crippen molar-refractivity contribution < 1.29 is 250 Å². The van der Waals surface area contributed by atoms with Crippen LogP contribution in [0.5, 0.6) is 34.5 Å². The van der Waals surface area contributed by atoms with Crippen LogP contribution < -0.4 is 60.3 Å². The highest BCUT2D eigenvalue weighted by Gasteiger charge is 2.56. The van der Waals surface area contributed by atoms with Crippen LogP contribution in [0.4, 0.5) is 14.4 Å². The molecule has 3 aromatic rings. The molecule has 6 aliphatic heterocycles. The third kappa shape index (κ3) is 32.9. The molecule has 0 aromatic heterocycles. The summed E-state index contributed by atoms with van der Waals surface area (Å²) in [7, 11) is 4.50. The zero-order valence-corrected chi connectivity index (χ0v) is 81.2. The zero-order chi connectivity index (χ0) is 107. The van der Waals surface area contributed by atoms with Gasteiger partial charge in [0, 0.05) is 0 Å². The van der Waals surface area contributed by atoms with Crippen LogP contribution in [0.2, 0.25) is 0 Å². The van der Waals surface area contributed by atoms with Crippen LogP contribution in [-0.2, 0) is 119 Å². The number of fused-ring (bicyclic) bond motifs is 3. The van der Waals surface area contributed by atoms with E-state index >= 15 is 0 Å². The van der Waals surface area contributed by atoms with Gasteiger partial charge in [0.05, 0.1) is 140 Å². The van der Waals surface area contributed by atoms with Crippen molar-refractivity contribution in [3.63, 3.8) is 0 Å². The van der Waals surface area contributed by atoms with Gasteiger partial charge in [-0.3, -0.25) is 14.4 Å². The first-order valence-electron chi connectivity index (χ1n) is 47.4. The monoisotopic (exact) mass is 2120 g/mol. The molecule has 0 unspecified atom stereocenters. The SMILES string of the molecule is COc1cc2c(cc1OCCOCCOCCOC(=O)N[C@@H](C)C(=O)N[C@@H]1O[C@H](CO)[C@@H](O[C@@H]3O[C@H](CO)[C@H](O)[C@H](O)[C@H]3O)[C@H](O)[C@H]1O)Cc1cc(OC)c(OCCOCCOCCOC(=O)N[C@@H](C)C(=O)N[C@@H]3O[C@H](CO)[C@@H](O[C@@H]4O[C@H](CO)[C@H](O)[C@H](O)[C@H]4O)[C@H](O)[C@H]3O)cc1Cc1cc(OCCOCCOCCOC(=O)N[C@@H](C)C(=O)N[C@@H]3O[C@H](CO)[C@@H](O[C@@H]4O[C@H](CO)[C@H](O)[C@H](O)[C@H]4O)[C@H](O)[C@H]3O)c(OC)cc1C2. The summed E-state index contributed by atoms with van der Waals surface area (Å²) in [6.07, 6.45) is -53.7. The number of amides is 6. The lowest BCUT2D eigenvalue weighted by atomic mass is 9.94. The molecule has 0 radical (unpaired) electrons. The molecule has 7 aliphatic rings. The number of alkyl carbamates (subject to hydrolysis) is 3. The van der Waals surface area contributed by atoms with Crippen molar-refractivity contribution >= 4 is 36.0 Å². The second-order valence-corrected chi connectivity index (χ2v) is 34.8. The minimum absolute atomic E-state index is 0.0413. The Kier molecular flexibility index (Phi) is 48.5. The topological polar surface area (TPSA) is 821 Å². The number of benzene rings is 3. The highest BCUT2D eigenvalue weighted by atomic mass is 16.8. The molecule has 834 valence electrons. The van der Waals surface area contributed by atoms with Crippen molar-refractivity contribution in [2.45, 2.75) is 242 Å². The highest BCUT2D eigenvalue weighted by Crippen LogP contribution is 2.43. The maximum absolute atomic E-state index is 13.1. The fraction of sp³-hybridized carbons (Fsp3) is 0.733. The molecule has 6 amide bonds. The van der Waals surface area contributed by atoms with Crippen LogP contribution in [0.3, 0.4) is 0 Å². The molecule has 27 N–H and O–H groups in total. The van der Waals surface area contributed by atoms with E-state index in [9.17, 15) is 136 Å². The van der Waals surface area contributed by atoms with Gasteiger partial charge in [0.15, 0.2) is 72.1 Å². The Morgan fingerprint density at radius 1 is 0.272 bits per heavy atom. The van der Waals surface area contributed by atoms with Gasteiger partial charge in [-0.1, -0.05) is 0 Å². The lowest BCUT2D eigenvalue weighted by Gasteiger charge is -2.46. The average Bonchev–Trinajstić information content (AvgIpc) is 1.48. The van der Waals surface area contributed by atoms with E-state index in [0.717, 1.165) is 33.4 Å². The van der Waals surface area contributed by atoms with Gasteiger partial charge in [0.1, 0.15) is 204 Å². The molecule has 0 spiro atoms. The van der Waals surface area contributed by atoms with Crippen LogP contribution in [0.1, 0.15) is 54.2 Å². The standard InChI is InChI=1S/C90H138N6O51/c1-40(79(118)94-82-70(112)67(109)76(58(37-100)139-82)145-85-73(115)64(106)61(103)55(34-97)142-85)91-88(121)136-22-16-130-10-7-127-13-19-133-52-31-46-26-45-30-51(126-6)54(135-21-15-129-9-12-132-18-24-138-90(123)93-42(3)81(120)96-84-72(114)69(111)78(60(39-102)141-84)147-87-75(117)66(108)63(105)57(36-99)144-87)33-48(45)27-47-32-53(50(125-5)29-44(47)25-43(46)28-49(52)124-4)134-20-14-128-8-11-131-17-23-137-89(122)92-41(2)80(119)95-83-71(113)68(110)77(59(38-101)140-83)146-86-74(116)65(107)62(104)56(35-98)143-86/h28-33,40-42,55-78,82-87,97-117H,7-27,34-39H2,1-6H3,(H,91,121)(H,92,122)(H,93,123)(H,94,118)(H,95,119)(H,96,120)/t40-,41-,42-,55+,56+,57+,58+,59+,60+,61-,62-,63-,64-,65-,66-,67+,68+,69+,70+,71+,72+,73+,74+,75+,76+,77+,78+,82+,83+,84+,85-,86-,87-/m0/s1. The van der Waals surface area contributed by atoms with Crippen LogP contribution in [0.15, 0.2) is 36.4 Å². The first-order chi connectivity index (χ1) is 70.4. The van der Waals surface area contributed by atoms with Crippen molar-refractivity contribution in [2.24, 2.45) is 0 Å². The number of ether oxygens (including phenoxy) is 24. The largest absolute Gasteiger partial charge is 0.493 e. The van der Waals surface area contributed by atoms with Crippen LogP contribution in [-0.4, -0.2) is 525 Å². The summed E-state index contributed by atoms with van der Waals surface area (Å²) in [5, 5.41) is 231. The van der Waals surface area contributed by atoms with Gasteiger partial charge in [-0.05, 0) is 110 Å². The Labute approximate surface area is 840 Å². The molecule has 6 fully saturated rings. The third-order valence-corrected chi connectivity index (χ3v) is 24.6. The van der Waals surface area contributed by atoms with E-state index in [1.807, 2.05) is 36.4 Å². The normalized spacial score (nSPS) is 31.3. The number of nitrogens with one attached hydrogen (secondary N) is 6. The molecule has 147 heavy (non-hydrogen) atoms. The van der Waals surface area contributed by atoms with E-state index in [1.54, 1.807) is 0 Å². The van der Waals surface area contributed by atoms with Crippen LogP contribution >= 0.6 is 0 Å². The summed E-state index contributed by atoms with van der Waals surface area (Å²) in [4.78, 5) is 77.5. The van der Waals surface area contributed by atoms with E-state index in [1.165, 1.54) is 42.1 Å². The van der Waals surface area contributed by atoms with Crippen molar-refractivity contribution in [1.82, 2.24) is 31.9 Å². The molecule has 57 heteroatoms.